The molecule has 13 heavy (non-hydrogen) atoms. The molecule has 0 saturated carbocycles. The minimum atomic E-state index is -0.423. The van der Waals surface area contributed by atoms with Gasteiger partial charge in [-0.25, -0.2) is 4.98 Å². The average molecular weight is 197 g/mol. The molecule has 0 spiro atoms. The molecule has 0 amide bonds. The fourth-order valence-electron chi connectivity index (χ4n) is 1.04. The number of aliphatic hydroxyl groups excluding tert-OH is 1. The summed E-state index contributed by atoms with van der Waals surface area (Å²) in [6.45, 7) is 3.91. The molecule has 3 heteroatoms. The van der Waals surface area contributed by atoms with Crippen LogP contribution in [0.15, 0.2) is 23.4 Å². The van der Waals surface area contributed by atoms with E-state index in [9.17, 15) is 5.11 Å². The Morgan fingerprint density at radius 1 is 1.62 bits per heavy atom. The first-order valence-corrected chi connectivity index (χ1v) is 5.50. The van der Waals surface area contributed by atoms with Crippen LogP contribution in [0.3, 0.4) is 0 Å². The first-order valence-electron chi connectivity index (χ1n) is 4.51. The molecule has 1 atom stereocenters. The molecule has 0 aliphatic carbocycles. The van der Waals surface area contributed by atoms with Crippen LogP contribution in [0.5, 0.6) is 0 Å². The van der Waals surface area contributed by atoms with E-state index in [0.29, 0.717) is 0 Å². The molecule has 72 valence electrons. The Labute approximate surface area is 83.4 Å². The van der Waals surface area contributed by atoms with Crippen molar-refractivity contribution in [3.63, 3.8) is 0 Å². The van der Waals surface area contributed by atoms with Crippen LogP contribution in [0.4, 0.5) is 0 Å². The van der Waals surface area contributed by atoms with E-state index in [2.05, 4.69) is 11.9 Å². The second kappa shape index (κ2) is 5.25. The Hall–Kier alpha value is -0.540. The molecule has 1 aromatic heterocycles. The standard InChI is InChI=1S/C10H15NOS/c1-3-7-13-10-9(8(2)12)5-4-6-11-10/h4-6,8,12H,3,7H2,1-2H3/t8-/m1/s1. The van der Waals surface area contributed by atoms with E-state index < -0.39 is 6.10 Å². The number of hydrogen-bond donors (Lipinski definition) is 1. The van der Waals surface area contributed by atoms with Crippen LogP contribution in [0.1, 0.15) is 31.9 Å². The highest BCUT2D eigenvalue weighted by Gasteiger charge is 2.07. The molecule has 1 aromatic rings. The maximum Gasteiger partial charge on any atom is 0.102 e. The van der Waals surface area contributed by atoms with Gasteiger partial charge in [-0.05, 0) is 25.2 Å². The third-order valence-electron chi connectivity index (χ3n) is 1.69. The van der Waals surface area contributed by atoms with Crippen LogP contribution in [0, 0.1) is 0 Å². The van der Waals surface area contributed by atoms with Crippen molar-refractivity contribution in [1.82, 2.24) is 4.98 Å². The molecule has 1 N–H and O–H groups in total. The Morgan fingerprint density at radius 2 is 2.38 bits per heavy atom. The van der Waals surface area contributed by atoms with Crippen molar-refractivity contribution in [2.24, 2.45) is 0 Å². The lowest BCUT2D eigenvalue weighted by Gasteiger charge is -2.09. The SMILES string of the molecule is CCCSc1ncccc1[C@@H](C)O. The molecule has 0 bridgehead atoms. The molecule has 0 aliphatic rings. The Bertz CT molecular complexity index is 263. The second-order valence-electron chi connectivity index (χ2n) is 2.92. The van der Waals surface area contributed by atoms with E-state index >= 15 is 0 Å². The summed E-state index contributed by atoms with van der Waals surface area (Å²) >= 11 is 1.70. The van der Waals surface area contributed by atoms with Crippen molar-refractivity contribution >= 4 is 11.8 Å². The summed E-state index contributed by atoms with van der Waals surface area (Å²) in [7, 11) is 0. The molecular formula is C10H15NOS. The zero-order valence-corrected chi connectivity index (χ0v) is 8.84. The molecule has 0 fully saturated rings. The number of hydrogen-bond acceptors (Lipinski definition) is 3. The summed E-state index contributed by atoms with van der Waals surface area (Å²) in [5, 5.41) is 10.4. The number of aliphatic hydroxyl groups is 1. The fraction of sp³-hybridized carbons (Fsp3) is 0.500. The number of thioether (sulfide) groups is 1. The summed E-state index contributed by atoms with van der Waals surface area (Å²) in [6.07, 6.45) is 2.47. The van der Waals surface area contributed by atoms with Gasteiger partial charge in [-0.3, -0.25) is 0 Å². The van der Waals surface area contributed by atoms with E-state index in [-0.39, 0.29) is 0 Å². The van der Waals surface area contributed by atoms with Crippen molar-refractivity contribution in [1.29, 1.82) is 0 Å². The molecule has 0 saturated heterocycles. The normalized spacial score (nSPS) is 12.8. The van der Waals surface area contributed by atoms with Gasteiger partial charge in [-0.15, -0.1) is 11.8 Å². The summed E-state index contributed by atoms with van der Waals surface area (Å²) in [6, 6.07) is 3.79. The first-order chi connectivity index (χ1) is 6.25. The van der Waals surface area contributed by atoms with Gasteiger partial charge in [0, 0.05) is 11.8 Å². The highest BCUT2D eigenvalue weighted by molar-refractivity contribution is 7.99. The van der Waals surface area contributed by atoms with Gasteiger partial charge in [-0.2, -0.15) is 0 Å². The maximum atomic E-state index is 9.45. The highest BCUT2D eigenvalue weighted by atomic mass is 32.2. The van der Waals surface area contributed by atoms with Gasteiger partial charge in [-0.1, -0.05) is 13.0 Å². The topological polar surface area (TPSA) is 33.1 Å². The Balaban J connectivity index is 2.78. The van der Waals surface area contributed by atoms with Crippen molar-refractivity contribution in [2.45, 2.75) is 31.4 Å². The minimum Gasteiger partial charge on any atom is -0.389 e. The maximum absolute atomic E-state index is 9.45. The van der Waals surface area contributed by atoms with Gasteiger partial charge < -0.3 is 5.11 Å². The van der Waals surface area contributed by atoms with Crippen molar-refractivity contribution in [2.75, 3.05) is 5.75 Å². The van der Waals surface area contributed by atoms with E-state index in [4.69, 9.17) is 0 Å². The lowest BCUT2D eigenvalue weighted by molar-refractivity contribution is 0.195. The molecular weight excluding hydrogens is 182 g/mol. The number of rotatable bonds is 4. The van der Waals surface area contributed by atoms with Crippen LogP contribution in [0.2, 0.25) is 0 Å². The van der Waals surface area contributed by atoms with Gasteiger partial charge in [0.2, 0.25) is 0 Å². The first kappa shape index (κ1) is 10.5. The summed E-state index contributed by atoms with van der Waals surface area (Å²) in [5.74, 6) is 1.05. The summed E-state index contributed by atoms with van der Waals surface area (Å²) in [5.41, 5.74) is 0.931. The van der Waals surface area contributed by atoms with Crippen molar-refractivity contribution in [3.8, 4) is 0 Å². The number of nitrogens with zero attached hydrogens (tertiary/aromatic N) is 1. The van der Waals surface area contributed by atoms with Gasteiger partial charge >= 0.3 is 0 Å². The monoisotopic (exact) mass is 197 g/mol. The largest absolute Gasteiger partial charge is 0.389 e. The Kier molecular flexibility index (Phi) is 4.25. The Morgan fingerprint density at radius 3 is 3.00 bits per heavy atom. The summed E-state index contributed by atoms with van der Waals surface area (Å²) in [4.78, 5) is 4.24. The van der Waals surface area contributed by atoms with E-state index in [0.717, 1.165) is 22.8 Å². The van der Waals surface area contributed by atoms with Gasteiger partial charge in [0.15, 0.2) is 0 Å². The van der Waals surface area contributed by atoms with E-state index in [1.54, 1.807) is 24.9 Å². The fourth-order valence-corrected chi connectivity index (χ4v) is 1.98. The van der Waals surface area contributed by atoms with Crippen LogP contribution in [-0.4, -0.2) is 15.8 Å². The minimum absolute atomic E-state index is 0.423. The second-order valence-corrected chi connectivity index (χ2v) is 4.01. The van der Waals surface area contributed by atoms with Crippen LogP contribution in [0.25, 0.3) is 0 Å². The molecule has 1 heterocycles. The number of aromatic nitrogens is 1. The number of pyridine rings is 1. The third-order valence-corrected chi connectivity index (χ3v) is 2.92. The lowest BCUT2D eigenvalue weighted by atomic mass is 10.2. The van der Waals surface area contributed by atoms with Gasteiger partial charge in [0.25, 0.3) is 0 Å². The lowest BCUT2D eigenvalue weighted by Crippen LogP contribution is -1.96. The smallest absolute Gasteiger partial charge is 0.102 e. The molecule has 2 nitrogen and oxygen atoms in total. The van der Waals surface area contributed by atoms with Crippen molar-refractivity contribution < 1.29 is 5.11 Å². The molecule has 1 rings (SSSR count). The van der Waals surface area contributed by atoms with Gasteiger partial charge in [0.1, 0.15) is 5.03 Å². The van der Waals surface area contributed by atoms with E-state index in [1.807, 2.05) is 12.1 Å². The van der Waals surface area contributed by atoms with Crippen LogP contribution in [-0.2, 0) is 0 Å². The van der Waals surface area contributed by atoms with E-state index in [1.165, 1.54) is 0 Å². The third kappa shape index (κ3) is 3.01. The predicted molar refractivity (Wildman–Crippen MR) is 55.9 cm³/mol. The predicted octanol–water partition coefficient (Wildman–Crippen LogP) is 2.64. The van der Waals surface area contributed by atoms with Crippen LogP contribution < -0.4 is 0 Å². The summed E-state index contributed by atoms with van der Waals surface area (Å²) < 4.78 is 0. The zero-order valence-electron chi connectivity index (χ0n) is 8.03. The molecule has 0 unspecified atom stereocenters. The van der Waals surface area contributed by atoms with Crippen LogP contribution >= 0.6 is 11.8 Å². The average Bonchev–Trinajstić information content (AvgIpc) is 2.15. The molecule has 0 aliphatic heterocycles. The highest BCUT2D eigenvalue weighted by Crippen LogP contribution is 2.25. The molecule has 0 radical (unpaired) electrons. The zero-order chi connectivity index (χ0) is 9.68. The molecule has 0 aromatic carbocycles. The van der Waals surface area contributed by atoms with Gasteiger partial charge in [0.05, 0.1) is 6.10 Å². The quantitative estimate of drug-likeness (QED) is 0.753. The van der Waals surface area contributed by atoms with Crippen molar-refractivity contribution in [3.05, 3.63) is 23.9 Å².